The number of pyridine rings is 1. The molecule has 1 fully saturated rings. The van der Waals surface area contributed by atoms with E-state index in [1.54, 1.807) is 25.1 Å². The van der Waals surface area contributed by atoms with E-state index in [1.807, 2.05) is 18.2 Å². The van der Waals surface area contributed by atoms with Crippen molar-refractivity contribution in [1.29, 1.82) is 0 Å². The SMILES string of the molecule is Cc1noc2nc(C3CC3)cc(C(=O)O[C@@H](C)C(=O)Nc3ccccc3)c12. The van der Waals surface area contributed by atoms with Gasteiger partial charge in [-0.15, -0.1) is 0 Å². The fraction of sp³-hybridized carbons (Fsp3) is 0.300. The third-order valence-electron chi connectivity index (χ3n) is 4.55. The molecule has 0 unspecified atom stereocenters. The lowest BCUT2D eigenvalue weighted by Crippen LogP contribution is -2.30. The van der Waals surface area contributed by atoms with Gasteiger partial charge in [0.1, 0.15) is 0 Å². The van der Waals surface area contributed by atoms with Crippen molar-refractivity contribution in [3.8, 4) is 0 Å². The molecule has 2 heterocycles. The molecule has 1 aliphatic carbocycles. The van der Waals surface area contributed by atoms with E-state index in [9.17, 15) is 9.59 Å². The minimum Gasteiger partial charge on any atom is -0.449 e. The number of nitrogens with zero attached hydrogens (tertiary/aromatic N) is 2. The Balaban J connectivity index is 1.55. The van der Waals surface area contributed by atoms with Gasteiger partial charge >= 0.3 is 5.97 Å². The first-order chi connectivity index (χ1) is 13.0. The maximum Gasteiger partial charge on any atom is 0.339 e. The van der Waals surface area contributed by atoms with E-state index in [2.05, 4.69) is 15.5 Å². The molecule has 0 bridgehead atoms. The molecule has 3 aromatic rings. The van der Waals surface area contributed by atoms with Crippen molar-refractivity contribution in [2.24, 2.45) is 0 Å². The summed E-state index contributed by atoms with van der Waals surface area (Å²) in [5.74, 6) is -0.652. The number of ether oxygens (including phenoxy) is 1. The summed E-state index contributed by atoms with van der Waals surface area (Å²) >= 11 is 0. The Bertz CT molecular complexity index is 1010. The van der Waals surface area contributed by atoms with E-state index < -0.39 is 18.0 Å². The number of aromatic nitrogens is 2. The van der Waals surface area contributed by atoms with Crippen LogP contribution in [0.1, 0.15) is 47.4 Å². The maximum atomic E-state index is 12.8. The first kappa shape index (κ1) is 17.2. The molecule has 7 nitrogen and oxygen atoms in total. The number of esters is 1. The van der Waals surface area contributed by atoms with Crippen LogP contribution in [0.5, 0.6) is 0 Å². The fourth-order valence-corrected chi connectivity index (χ4v) is 2.91. The van der Waals surface area contributed by atoms with E-state index in [0.29, 0.717) is 34.0 Å². The summed E-state index contributed by atoms with van der Waals surface area (Å²) in [7, 11) is 0. The van der Waals surface area contributed by atoms with E-state index >= 15 is 0 Å². The number of fused-ring (bicyclic) bond motifs is 1. The van der Waals surface area contributed by atoms with Gasteiger partial charge in [-0.25, -0.2) is 9.78 Å². The van der Waals surface area contributed by atoms with Crippen molar-refractivity contribution in [1.82, 2.24) is 10.1 Å². The molecule has 0 spiro atoms. The van der Waals surface area contributed by atoms with Crippen molar-refractivity contribution < 1.29 is 18.8 Å². The summed E-state index contributed by atoms with van der Waals surface area (Å²) in [5, 5.41) is 7.16. The Morgan fingerprint density at radius 1 is 1.26 bits per heavy atom. The van der Waals surface area contributed by atoms with Crippen LogP contribution in [0, 0.1) is 6.92 Å². The second-order valence-electron chi connectivity index (χ2n) is 6.72. The maximum absolute atomic E-state index is 12.8. The van der Waals surface area contributed by atoms with E-state index in [4.69, 9.17) is 9.26 Å². The molecular weight excluding hydrogens is 346 g/mol. The molecule has 7 heteroatoms. The van der Waals surface area contributed by atoms with Gasteiger partial charge in [0, 0.05) is 17.3 Å². The van der Waals surface area contributed by atoms with Crippen molar-refractivity contribution >= 4 is 28.7 Å². The minimum atomic E-state index is -0.953. The Kier molecular flexibility index (Phi) is 4.35. The fourth-order valence-electron chi connectivity index (χ4n) is 2.91. The van der Waals surface area contributed by atoms with Gasteiger partial charge in [-0.2, -0.15) is 0 Å². The van der Waals surface area contributed by atoms with E-state index in [0.717, 1.165) is 18.5 Å². The molecule has 1 aromatic carbocycles. The zero-order valence-corrected chi connectivity index (χ0v) is 15.1. The second-order valence-corrected chi connectivity index (χ2v) is 6.72. The van der Waals surface area contributed by atoms with Gasteiger partial charge in [0.2, 0.25) is 0 Å². The Hall–Kier alpha value is -3.22. The molecule has 0 radical (unpaired) electrons. The summed E-state index contributed by atoms with van der Waals surface area (Å²) in [5.41, 5.74) is 2.66. The van der Waals surface area contributed by atoms with Crippen molar-refractivity contribution in [3.63, 3.8) is 0 Å². The van der Waals surface area contributed by atoms with Crippen LogP contribution in [0.3, 0.4) is 0 Å². The normalized spacial score (nSPS) is 14.7. The lowest BCUT2D eigenvalue weighted by Gasteiger charge is -2.14. The number of benzene rings is 1. The van der Waals surface area contributed by atoms with Crippen molar-refractivity contribution in [2.75, 3.05) is 5.32 Å². The zero-order chi connectivity index (χ0) is 19.0. The van der Waals surface area contributed by atoms with Crippen LogP contribution in [0.4, 0.5) is 5.69 Å². The highest BCUT2D eigenvalue weighted by Gasteiger charge is 2.30. The van der Waals surface area contributed by atoms with Crippen LogP contribution < -0.4 is 5.32 Å². The van der Waals surface area contributed by atoms with Crippen LogP contribution in [-0.4, -0.2) is 28.1 Å². The molecule has 1 aliphatic rings. The van der Waals surface area contributed by atoms with Gasteiger partial charge in [0.15, 0.2) is 6.10 Å². The molecule has 138 valence electrons. The van der Waals surface area contributed by atoms with Gasteiger partial charge in [-0.1, -0.05) is 23.4 Å². The van der Waals surface area contributed by atoms with Crippen molar-refractivity contribution in [3.05, 3.63) is 53.3 Å². The molecule has 2 aromatic heterocycles. The lowest BCUT2D eigenvalue weighted by atomic mass is 10.1. The first-order valence-electron chi connectivity index (χ1n) is 8.86. The molecule has 1 saturated carbocycles. The highest BCUT2D eigenvalue weighted by Crippen LogP contribution is 2.40. The number of hydrogen-bond donors (Lipinski definition) is 1. The third kappa shape index (κ3) is 3.53. The van der Waals surface area contributed by atoms with Gasteiger partial charge in [-0.05, 0) is 44.9 Å². The van der Waals surface area contributed by atoms with Gasteiger partial charge in [-0.3, -0.25) is 4.79 Å². The minimum absolute atomic E-state index is 0.324. The summed E-state index contributed by atoms with van der Waals surface area (Å²) in [6, 6.07) is 10.7. The summed E-state index contributed by atoms with van der Waals surface area (Å²) in [6.45, 7) is 3.28. The number of anilines is 1. The third-order valence-corrected chi connectivity index (χ3v) is 4.55. The molecule has 0 saturated heterocycles. The number of aryl methyl sites for hydroxylation is 1. The van der Waals surface area contributed by atoms with Crippen molar-refractivity contribution in [2.45, 2.75) is 38.7 Å². The number of rotatable bonds is 5. The predicted molar refractivity (Wildman–Crippen MR) is 98.5 cm³/mol. The van der Waals surface area contributed by atoms with Gasteiger partial charge < -0.3 is 14.6 Å². The Morgan fingerprint density at radius 2 is 2.00 bits per heavy atom. The number of carbonyl (C=O) groups is 2. The molecule has 0 aliphatic heterocycles. The number of amides is 1. The number of nitrogens with one attached hydrogen (secondary N) is 1. The van der Waals surface area contributed by atoms with E-state index in [-0.39, 0.29) is 0 Å². The number of hydrogen-bond acceptors (Lipinski definition) is 6. The molecular formula is C20H19N3O4. The van der Waals surface area contributed by atoms with E-state index in [1.165, 1.54) is 6.92 Å². The van der Waals surface area contributed by atoms with Gasteiger partial charge in [0.25, 0.3) is 11.6 Å². The average Bonchev–Trinajstić information content (AvgIpc) is 3.45. The number of para-hydroxylation sites is 1. The topological polar surface area (TPSA) is 94.3 Å². The summed E-state index contributed by atoms with van der Waals surface area (Å²) < 4.78 is 10.7. The molecule has 1 amide bonds. The Labute approximate surface area is 155 Å². The zero-order valence-electron chi connectivity index (χ0n) is 15.1. The average molecular weight is 365 g/mol. The molecule has 27 heavy (non-hydrogen) atoms. The highest BCUT2D eigenvalue weighted by atomic mass is 16.5. The Morgan fingerprint density at radius 3 is 2.70 bits per heavy atom. The molecule has 4 rings (SSSR count). The monoisotopic (exact) mass is 365 g/mol. The predicted octanol–water partition coefficient (Wildman–Crippen LogP) is 3.59. The number of carbonyl (C=O) groups excluding carboxylic acids is 2. The van der Waals surface area contributed by atoms with Crippen LogP contribution in [0.15, 0.2) is 40.9 Å². The quantitative estimate of drug-likeness (QED) is 0.694. The molecule has 1 atom stereocenters. The van der Waals surface area contributed by atoms with Crippen LogP contribution in [0.2, 0.25) is 0 Å². The summed E-state index contributed by atoms with van der Waals surface area (Å²) in [4.78, 5) is 29.5. The standard InChI is InChI=1S/C20H19N3O4/c1-11-17-15(10-16(13-8-9-13)22-19(17)27-23-11)20(25)26-12(2)18(24)21-14-6-4-3-5-7-14/h3-7,10,12-13H,8-9H2,1-2H3,(H,21,24)/t12-/m0/s1. The van der Waals surface area contributed by atoms with Crippen LogP contribution in [0.25, 0.3) is 11.1 Å². The second kappa shape index (κ2) is 6.83. The van der Waals surface area contributed by atoms with Crippen LogP contribution >= 0.6 is 0 Å². The summed E-state index contributed by atoms with van der Waals surface area (Å²) in [6.07, 6.45) is 1.12. The smallest absolute Gasteiger partial charge is 0.339 e. The first-order valence-corrected chi connectivity index (χ1v) is 8.86. The largest absolute Gasteiger partial charge is 0.449 e. The van der Waals surface area contributed by atoms with Gasteiger partial charge in [0.05, 0.1) is 16.6 Å². The highest BCUT2D eigenvalue weighted by molar-refractivity contribution is 6.04. The lowest BCUT2D eigenvalue weighted by molar-refractivity contribution is -0.123. The molecule has 1 N–H and O–H groups in total. The van der Waals surface area contributed by atoms with Crippen LogP contribution in [-0.2, 0) is 9.53 Å².